The number of aryl methyl sites for hydroxylation is 2. The number of nitrogens with one attached hydrogen (secondary N) is 1. The first-order valence-electron chi connectivity index (χ1n) is 10.6. The number of furan rings is 1. The molecule has 0 unspecified atom stereocenters. The van der Waals surface area contributed by atoms with Crippen molar-refractivity contribution in [2.24, 2.45) is 0 Å². The molecule has 0 fully saturated rings. The van der Waals surface area contributed by atoms with Gasteiger partial charge in [-0.2, -0.15) is 0 Å². The normalized spacial score (nSPS) is 11.5. The van der Waals surface area contributed by atoms with Crippen molar-refractivity contribution in [1.82, 2.24) is 4.98 Å². The summed E-state index contributed by atoms with van der Waals surface area (Å²) < 4.78 is 16.9. The molecule has 168 valence electrons. The highest BCUT2D eigenvalue weighted by molar-refractivity contribution is 6.05. The molecule has 33 heavy (non-hydrogen) atoms. The Labute approximate surface area is 192 Å². The van der Waals surface area contributed by atoms with Gasteiger partial charge in [0.25, 0.3) is 0 Å². The molecule has 0 atom stereocenters. The molecule has 6 nitrogen and oxygen atoms in total. The van der Waals surface area contributed by atoms with Gasteiger partial charge in [0, 0.05) is 34.3 Å². The third-order valence-corrected chi connectivity index (χ3v) is 5.67. The summed E-state index contributed by atoms with van der Waals surface area (Å²) in [4.78, 5) is 16.9. The number of rotatable bonds is 6. The fourth-order valence-electron chi connectivity index (χ4n) is 3.91. The molecule has 2 heterocycles. The third kappa shape index (κ3) is 4.32. The van der Waals surface area contributed by atoms with Crippen LogP contribution >= 0.6 is 0 Å². The van der Waals surface area contributed by atoms with Crippen molar-refractivity contribution < 1.29 is 18.7 Å². The van der Waals surface area contributed by atoms with E-state index in [0.29, 0.717) is 11.6 Å². The number of hydrogen-bond acceptors (Lipinski definition) is 5. The molecule has 0 saturated carbocycles. The van der Waals surface area contributed by atoms with E-state index >= 15 is 0 Å². The van der Waals surface area contributed by atoms with Crippen molar-refractivity contribution in [3.05, 3.63) is 77.7 Å². The smallest absolute Gasteiger partial charge is 0.249 e. The zero-order valence-electron chi connectivity index (χ0n) is 19.4. The second-order valence-electron chi connectivity index (χ2n) is 7.82. The van der Waals surface area contributed by atoms with Crippen molar-refractivity contribution >= 4 is 28.3 Å². The van der Waals surface area contributed by atoms with Crippen LogP contribution < -0.4 is 14.8 Å². The lowest BCUT2D eigenvalue weighted by Crippen LogP contribution is -2.11. The minimum absolute atomic E-state index is 0.253. The summed E-state index contributed by atoms with van der Waals surface area (Å²) in [6.45, 7) is 5.75. The minimum Gasteiger partial charge on any atom is -0.497 e. The topological polar surface area (TPSA) is 73.6 Å². The number of aromatic nitrogens is 1. The highest BCUT2D eigenvalue weighted by Gasteiger charge is 2.19. The molecule has 4 rings (SSSR count). The van der Waals surface area contributed by atoms with Gasteiger partial charge >= 0.3 is 0 Å². The van der Waals surface area contributed by atoms with Gasteiger partial charge in [-0.05, 0) is 61.7 Å². The number of hydrogen-bond donors (Lipinski definition) is 1. The summed E-state index contributed by atoms with van der Waals surface area (Å²) in [6.07, 6.45) is 4.96. The van der Waals surface area contributed by atoms with E-state index in [1.54, 1.807) is 32.8 Å². The van der Waals surface area contributed by atoms with Crippen LogP contribution in [0.15, 0.2) is 65.4 Å². The lowest BCUT2D eigenvalue weighted by molar-refractivity contribution is -0.111. The SMILES string of the molecule is COc1ccc(-c2coc3c(C)c(OC)c(/C(C)=C/C(=O)Nc4ncccc4C)cc23)cc1. The van der Waals surface area contributed by atoms with Crippen LogP contribution in [0.25, 0.3) is 27.7 Å². The van der Waals surface area contributed by atoms with E-state index in [1.165, 1.54) is 0 Å². The van der Waals surface area contributed by atoms with Crippen molar-refractivity contribution in [2.45, 2.75) is 20.8 Å². The van der Waals surface area contributed by atoms with E-state index in [9.17, 15) is 4.79 Å². The van der Waals surface area contributed by atoms with Crippen LogP contribution in [-0.4, -0.2) is 25.1 Å². The van der Waals surface area contributed by atoms with Gasteiger partial charge in [-0.1, -0.05) is 18.2 Å². The number of fused-ring (bicyclic) bond motifs is 1. The summed E-state index contributed by atoms with van der Waals surface area (Å²) in [7, 11) is 3.26. The van der Waals surface area contributed by atoms with E-state index in [4.69, 9.17) is 13.9 Å². The summed E-state index contributed by atoms with van der Waals surface area (Å²) in [5.74, 6) is 1.75. The number of allylic oxidation sites excluding steroid dienone is 1. The predicted octanol–water partition coefficient (Wildman–Crippen LogP) is 6.17. The van der Waals surface area contributed by atoms with Gasteiger partial charge in [0.2, 0.25) is 5.91 Å². The molecule has 0 aliphatic carbocycles. The summed E-state index contributed by atoms with van der Waals surface area (Å²) in [5, 5.41) is 3.79. The van der Waals surface area contributed by atoms with Crippen molar-refractivity contribution in [2.75, 3.05) is 19.5 Å². The van der Waals surface area contributed by atoms with Gasteiger partial charge in [0.15, 0.2) is 0 Å². The second kappa shape index (κ2) is 9.20. The van der Waals surface area contributed by atoms with Crippen LogP contribution in [0, 0.1) is 13.8 Å². The van der Waals surface area contributed by atoms with Crippen LogP contribution in [0.3, 0.4) is 0 Å². The van der Waals surface area contributed by atoms with Crippen LogP contribution in [0.5, 0.6) is 11.5 Å². The minimum atomic E-state index is -0.253. The Morgan fingerprint density at radius 3 is 2.52 bits per heavy atom. The second-order valence-corrected chi connectivity index (χ2v) is 7.82. The fourth-order valence-corrected chi connectivity index (χ4v) is 3.91. The number of carbonyl (C=O) groups excluding carboxylic acids is 1. The zero-order chi connectivity index (χ0) is 23.5. The van der Waals surface area contributed by atoms with E-state index in [1.807, 2.05) is 63.2 Å². The lowest BCUT2D eigenvalue weighted by atomic mass is 9.96. The number of ether oxygens (including phenoxy) is 2. The van der Waals surface area contributed by atoms with Gasteiger partial charge in [-0.3, -0.25) is 4.79 Å². The zero-order valence-corrected chi connectivity index (χ0v) is 19.4. The first-order chi connectivity index (χ1) is 15.9. The summed E-state index contributed by atoms with van der Waals surface area (Å²) in [6, 6.07) is 13.6. The molecule has 2 aromatic heterocycles. The monoisotopic (exact) mass is 442 g/mol. The maximum absolute atomic E-state index is 12.7. The van der Waals surface area contributed by atoms with Crippen LogP contribution in [0.2, 0.25) is 0 Å². The van der Waals surface area contributed by atoms with Crippen molar-refractivity contribution in [1.29, 1.82) is 0 Å². The summed E-state index contributed by atoms with van der Waals surface area (Å²) >= 11 is 0. The average Bonchev–Trinajstić information content (AvgIpc) is 3.25. The lowest BCUT2D eigenvalue weighted by Gasteiger charge is -2.13. The maximum Gasteiger partial charge on any atom is 0.249 e. The molecule has 6 heteroatoms. The van der Waals surface area contributed by atoms with Crippen molar-refractivity contribution in [3.63, 3.8) is 0 Å². The van der Waals surface area contributed by atoms with Gasteiger partial charge in [-0.25, -0.2) is 4.98 Å². The number of pyridine rings is 1. The molecule has 4 aromatic rings. The summed E-state index contributed by atoms with van der Waals surface area (Å²) in [5.41, 5.74) is 6.09. The van der Waals surface area contributed by atoms with Gasteiger partial charge in [0.1, 0.15) is 22.9 Å². The molecule has 0 bridgehead atoms. The fraction of sp³-hybridized carbons (Fsp3) is 0.185. The molecule has 1 amide bonds. The molecular formula is C27H26N2O4. The molecule has 0 aliphatic rings. The molecular weight excluding hydrogens is 416 g/mol. The van der Waals surface area contributed by atoms with Crippen molar-refractivity contribution in [3.8, 4) is 22.6 Å². The Balaban J connectivity index is 1.76. The Morgan fingerprint density at radius 1 is 1.09 bits per heavy atom. The maximum atomic E-state index is 12.7. The first kappa shape index (κ1) is 22.1. The molecule has 1 N–H and O–H groups in total. The molecule has 0 radical (unpaired) electrons. The van der Waals surface area contributed by atoms with Crippen LogP contribution in [0.4, 0.5) is 5.82 Å². The highest BCUT2D eigenvalue weighted by Crippen LogP contribution is 2.40. The van der Waals surface area contributed by atoms with E-state index < -0.39 is 0 Å². The number of amides is 1. The van der Waals surface area contributed by atoms with Gasteiger partial charge in [-0.15, -0.1) is 0 Å². The van der Waals surface area contributed by atoms with E-state index in [-0.39, 0.29) is 5.91 Å². The Morgan fingerprint density at radius 2 is 1.85 bits per heavy atom. The molecule has 0 aliphatic heterocycles. The third-order valence-electron chi connectivity index (χ3n) is 5.67. The number of benzene rings is 2. The van der Waals surface area contributed by atoms with Crippen LogP contribution in [-0.2, 0) is 4.79 Å². The highest BCUT2D eigenvalue weighted by atomic mass is 16.5. The number of carbonyl (C=O) groups is 1. The number of anilines is 1. The number of nitrogens with zero attached hydrogens (tertiary/aromatic N) is 1. The van der Waals surface area contributed by atoms with E-state index in [0.717, 1.165) is 50.1 Å². The number of methoxy groups -OCH3 is 2. The molecule has 0 saturated heterocycles. The Hall–Kier alpha value is -4.06. The quantitative estimate of drug-likeness (QED) is 0.362. The van der Waals surface area contributed by atoms with Crippen LogP contribution in [0.1, 0.15) is 23.6 Å². The average molecular weight is 443 g/mol. The predicted molar refractivity (Wildman–Crippen MR) is 131 cm³/mol. The standard InChI is InChI=1S/C27H26N2O4/c1-16-7-6-12-28-27(16)29-24(30)13-17(2)21-14-22-23(19-8-10-20(31-4)11-9-19)15-33-26(22)18(3)25(21)32-5/h6-15H,1-5H3,(H,28,29,30)/b17-13+. The first-order valence-corrected chi connectivity index (χ1v) is 10.6. The largest absolute Gasteiger partial charge is 0.497 e. The van der Waals surface area contributed by atoms with E-state index in [2.05, 4.69) is 10.3 Å². The Kier molecular flexibility index (Phi) is 6.18. The molecule has 0 spiro atoms. The molecule has 2 aromatic carbocycles. The Bertz CT molecular complexity index is 1350. The van der Waals surface area contributed by atoms with Gasteiger partial charge in [0.05, 0.1) is 20.5 Å². The van der Waals surface area contributed by atoms with Gasteiger partial charge < -0.3 is 19.2 Å².